The third-order valence-electron chi connectivity index (χ3n) is 4.23. The number of urea groups is 1. The molecule has 0 aromatic heterocycles. The van der Waals surface area contributed by atoms with Crippen LogP contribution in [0.15, 0.2) is 0 Å². The molecule has 0 aromatic rings. The van der Waals surface area contributed by atoms with Crippen LogP contribution in [0.4, 0.5) is 4.79 Å². The van der Waals surface area contributed by atoms with Crippen molar-refractivity contribution in [3.63, 3.8) is 0 Å². The van der Waals surface area contributed by atoms with Crippen LogP contribution in [0, 0.1) is 0 Å². The van der Waals surface area contributed by atoms with Crippen molar-refractivity contribution in [1.82, 2.24) is 15.1 Å². The second kappa shape index (κ2) is 5.78. The number of imide groups is 1. The molecular weight excluding hydrogens is 262 g/mol. The number of nitrogens with zero attached hydrogens (tertiary/aromatic N) is 2. The molecule has 4 amide bonds. The molecule has 0 radical (unpaired) electrons. The Balaban J connectivity index is 2.11. The van der Waals surface area contributed by atoms with Crippen molar-refractivity contribution >= 4 is 17.8 Å². The molecule has 2 heterocycles. The Labute approximate surface area is 118 Å². The van der Waals surface area contributed by atoms with E-state index in [1.54, 1.807) is 4.90 Å². The fourth-order valence-electron chi connectivity index (χ4n) is 2.82. The molecule has 2 rings (SSSR count). The number of morpholine rings is 1. The predicted octanol–water partition coefficient (Wildman–Crippen LogP) is -0.0442. The van der Waals surface area contributed by atoms with Crippen molar-refractivity contribution in [2.45, 2.75) is 32.2 Å². The van der Waals surface area contributed by atoms with E-state index in [4.69, 9.17) is 4.74 Å². The topological polar surface area (TPSA) is 79.0 Å². The summed E-state index contributed by atoms with van der Waals surface area (Å²) in [6.07, 6.45) is 0.995. The van der Waals surface area contributed by atoms with Crippen molar-refractivity contribution in [2.75, 3.05) is 32.8 Å². The highest BCUT2D eigenvalue weighted by Gasteiger charge is 2.51. The first-order valence-corrected chi connectivity index (χ1v) is 7.03. The molecular formula is C13H21N3O4. The number of carbonyl (C=O) groups is 3. The Morgan fingerprint density at radius 1 is 1.25 bits per heavy atom. The molecule has 112 valence electrons. The minimum Gasteiger partial charge on any atom is -0.378 e. The zero-order valence-corrected chi connectivity index (χ0v) is 12.0. The summed E-state index contributed by atoms with van der Waals surface area (Å²) in [5.74, 6) is -0.438. The monoisotopic (exact) mass is 283 g/mol. The van der Waals surface area contributed by atoms with Gasteiger partial charge in [-0.3, -0.25) is 14.9 Å². The maximum absolute atomic E-state index is 12.3. The van der Waals surface area contributed by atoms with Gasteiger partial charge in [-0.05, 0) is 12.8 Å². The zero-order valence-electron chi connectivity index (χ0n) is 12.0. The normalized spacial score (nSPS) is 22.1. The van der Waals surface area contributed by atoms with Gasteiger partial charge in [0.1, 0.15) is 12.1 Å². The summed E-state index contributed by atoms with van der Waals surface area (Å²) < 4.78 is 5.20. The van der Waals surface area contributed by atoms with Crippen LogP contribution in [0.3, 0.4) is 0 Å². The second-order valence-corrected chi connectivity index (χ2v) is 5.08. The summed E-state index contributed by atoms with van der Waals surface area (Å²) >= 11 is 0. The van der Waals surface area contributed by atoms with Crippen LogP contribution in [0.2, 0.25) is 0 Å². The Hall–Kier alpha value is -1.63. The fourth-order valence-corrected chi connectivity index (χ4v) is 2.82. The van der Waals surface area contributed by atoms with Crippen LogP contribution < -0.4 is 5.32 Å². The summed E-state index contributed by atoms with van der Waals surface area (Å²) in [7, 11) is 0. The third kappa shape index (κ3) is 2.37. The highest BCUT2D eigenvalue weighted by molar-refractivity contribution is 6.08. The largest absolute Gasteiger partial charge is 0.378 e. The van der Waals surface area contributed by atoms with Crippen LogP contribution in [-0.4, -0.2) is 66.0 Å². The van der Waals surface area contributed by atoms with Gasteiger partial charge in [0.05, 0.1) is 13.2 Å². The average Bonchev–Trinajstić information content (AvgIpc) is 2.71. The van der Waals surface area contributed by atoms with Crippen LogP contribution in [0.25, 0.3) is 0 Å². The molecule has 7 nitrogen and oxygen atoms in total. The van der Waals surface area contributed by atoms with E-state index in [1.165, 1.54) is 4.90 Å². The van der Waals surface area contributed by atoms with Crippen LogP contribution in [-0.2, 0) is 14.3 Å². The lowest BCUT2D eigenvalue weighted by molar-refractivity contribution is -0.138. The standard InChI is InChI=1S/C13H21N3O4/c1-3-13(4-2)11(18)14-12(19)16(13)9-10(17)15-5-7-20-8-6-15/h3-9H2,1-2H3,(H,14,18,19). The highest BCUT2D eigenvalue weighted by Crippen LogP contribution is 2.29. The summed E-state index contributed by atoms with van der Waals surface area (Å²) in [6, 6.07) is -0.472. The van der Waals surface area contributed by atoms with Crippen molar-refractivity contribution < 1.29 is 19.1 Å². The van der Waals surface area contributed by atoms with E-state index in [1.807, 2.05) is 13.8 Å². The number of amides is 4. The van der Waals surface area contributed by atoms with Gasteiger partial charge in [-0.15, -0.1) is 0 Å². The lowest BCUT2D eigenvalue weighted by Gasteiger charge is -2.35. The molecule has 0 aliphatic carbocycles. The van der Waals surface area contributed by atoms with Gasteiger partial charge >= 0.3 is 6.03 Å². The van der Waals surface area contributed by atoms with Gasteiger partial charge in [0.25, 0.3) is 5.91 Å². The van der Waals surface area contributed by atoms with Crippen molar-refractivity contribution in [3.05, 3.63) is 0 Å². The van der Waals surface area contributed by atoms with Crippen LogP contribution >= 0.6 is 0 Å². The van der Waals surface area contributed by atoms with Crippen LogP contribution in [0.1, 0.15) is 26.7 Å². The molecule has 2 aliphatic heterocycles. The molecule has 0 unspecified atom stereocenters. The molecule has 2 aliphatic rings. The van der Waals surface area contributed by atoms with Gasteiger partial charge in [0, 0.05) is 13.1 Å². The number of nitrogens with one attached hydrogen (secondary N) is 1. The number of hydrogen-bond acceptors (Lipinski definition) is 4. The first-order chi connectivity index (χ1) is 9.55. The van der Waals surface area contributed by atoms with E-state index in [0.29, 0.717) is 39.1 Å². The Morgan fingerprint density at radius 3 is 2.40 bits per heavy atom. The molecule has 0 aromatic carbocycles. The van der Waals surface area contributed by atoms with Crippen molar-refractivity contribution in [2.24, 2.45) is 0 Å². The van der Waals surface area contributed by atoms with E-state index in [-0.39, 0.29) is 18.4 Å². The molecule has 0 atom stereocenters. The maximum Gasteiger partial charge on any atom is 0.325 e. The molecule has 0 bridgehead atoms. The third-order valence-corrected chi connectivity index (χ3v) is 4.23. The first kappa shape index (κ1) is 14.8. The minimum absolute atomic E-state index is 0.0563. The number of hydrogen-bond donors (Lipinski definition) is 1. The second-order valence-electron chi connectivity index (χ2n) is 5.08. The van der Waals surface area contributed by atoms with E-state index in [9.17, 15) is 14.4 Å². The summed E-state index contributed by atoms with van der Waals surface area (Å²) in [4.78, 5) is 39.3. The van der Waals surface area contributed by atoms with Gasteiger partial charge in [0.2, 0.25) is 5.91 Å². The highest BCUT2D eigenvalue weighted by atomic mass is 16.5. The summed E-state index contributed by atoms with van der Waals surface area (Å²) in [5, 5.41) is 2.32. The predicted molar refractivity (Wildman–Crippen MR) is 71.0 cm³/mol. The average molecular weight is 283 g/mol. The molecule has 2 fully saturated rings. The van der Waals surface area contributed by atoms with E-state index < -0.39 is 11.6 Å². The fraction of sp³-hybridized carbons (Fsp3) is 0.769. The van der Waals surface area contributed by atoms with E-state index in [0.717, 1.165) is 0 Å². The Kier molecular flexibility index (Phi) is 4.27. The van der Waals surface area contributed by atoms with E-state index in [2.05, 4.69) is 5.32 Å². The molecule has 1 N–H and O–H groups in total. The van der Waals surface area contributed by atoms with E-state index >= 15 is 0 Å². The molecule has 0 spiro atoms. The summed E-state index contributed by atoms with van der Waals surface area (Å²) in [6.45, 7) is 5.76. The van der Waals surface area contributed by atoms with Gasteiger partial charge in [-0.25, -0.2) is 4.79 Å². The molecule has 7 heteroatoms. The Morgan fingerprint density at radius 2 is 1.85 bits per heavy atom. The minimum atomic E-state index is -0.890. The van der Waals surface area contributed by atoms with Gasteiger partial charge in [-0.1, -0.05) is 13.8 Å². The molecule has 2 saturated heterocycles. The van der Waals surface area contributed by atoms with Gasteiger partial charge in [-0.2, -0.15) is 0 Å². The number of rotatable bonds is 4. The lowest BCUT2D eigenvalue weighted by Crippen LogP contribution is -2.53. The lowest BCUT2D eigenvalue weighted by atomic mass is 9.91. The Bertz CT molecular complexity index is 414. The smallest absolute Gasteiger partial charge is 0.325 e. The molecule has 0 saturated carbocycles. The van der Waals surface area contributed by atoms with Gasteiger partial charge < -0.3 is 14.5 Å². The van der Waals surface area contributed by atoms with Crippen molar-refractivity contribution in [1.29, 1.82) is 0 Å². The summed E-state index contributed by atoms with van der Waals surface area (Å²) in [5.41, 5.74) is -0.890. The maximum atomic E-state index is 12.3. The van der Waals surface area contributed by atoms with Crippen molar-refractivity contribution in [3.8, 4) is 0 Å². The zero-order chi connectivity index (χ0) is 14.8. The SMILES string of the molecule is CCC1(CC)C(=O)NC(=O)N1CC(=O)N1CCOCC1. The van der Waals surface area contributed by atoms with Gasteiger partial charge in [0.15, 0.2) is 0 Å². The molecule has 20 heavy (non-hydrogen) atoms. The quantitative estimate of drug-likeness (QED) is 0.734. The number of ether oxygens (including phenoxy) is 1. The number of carbonyl (C=O) groups excluding carboxylic acids is 3. The van der Waals surface area contributed by atoms with Crippen LogP contribution in [0.5, 0.6) is 0 Å². The first-order valence-electron chi connectivity index (χ1n) is 7.03.